The average Bonchev–Trinajstić information content (AvgIpc) is 4.05. The first kappa shape index (κ1) is 50.9. The molecule has 8 rings (SSSR count). The molecule has 1 saturated heterocycles. The van der Waals surface area contributed by atoms with E-state index in [1.165, 1.54) is 4.90 Å². The summed E-state index contributed by atoms with van der Waals surface area (Å²) in [6.45, 7) is 9.85. The Hall–Kier alpha value is -6.49. The molecule has 0 aliphatic carbocycles. The van der Waals surface area contributed by atoms with E-state index in [0.29, 0.717) is 19.3 Å². The number of likely N-dealkylation sites (tertiary alicyclic amines) is 1. The maximum Gasteiger partial charge on any atom is 0.246 e. The molecule has 0 saturated carbocycles. The van der Waals surface area contributed by atoms with Crippen molar-refractivity contribution in [1.82, 2.24) is 25.8 Å². The average molecular weight is 984 g/mol. The summed E-state index contributed by atoms with van der Waals surface area (Å²) in [5.74, 6) is -1.95. The standard InChI is InChI=1S/C55H65N7O8S/c1-32-50(71-31-58-32)39-19-13-35(14-20-39)28-57-52(67)44-27-42(63)29-61(44)54(69)51(55(3,4)5)60-47(65)23-16-34-12-17-37-18-15-36(25-41(37)24-34)30-70-33(2)43(21-22-46(56)64)59-53(68)45-26-40-10-6-8-38-9-7-11-48(66)62(45)49(38)40/h6,8,10,12-15,17-20,24-25,31,33,42-45,51,63H,7,9,11,16,21-23,26-30H2,1-5H3,(H2,56,64)(H,57,67)(H,59,68)(H,60,65)/t33-,42-,43+,44+,45+,51-/m1/s1. The Kier molecular flexibility index (Phi) is 15.7. The van der Waals surface area contributed by atoms with Gasteiger partial charge >= 0.3 is 0 Å². The van der Waals surface area contributed by atoms with Gasteiger partial charge in [0.15, 0.2) is 0 Å². The molecule has 6 N–H and O–H groups in total. The number of amides is 6. The van der Waals surface area contributed by atoms with Gasteiger partial charge in [-0.3, -0.25) is 33.7 Å². The fraction of sp³-hybridized carbons (Fsp3) is 0.436. The number of nitrogens with two attached hydrogens (primary N) is 1. The topological polar surface area (TPSA) is 213 Å². The predicted octanol–water partition coefficient (Wildman–Crippen LogP) is 5.96. The van der Waals surface area contributed by atoms with E-state index in [1.807, 2.05) is 119 Å². The van der Waals surface area contributed by atoms with Crippen molar-refractivity contribution in [2.45, 2.75) is 142 Å². The summed E-state index contributed by atoms with van der Waals surface area (Å²) in [6.07, 6.45) is 1.83. The predicted molar refractivity (Wildman–Crippen MR) is 273 cm³/mol. The Balaban J connectivity index is 0.857. The fourth-order valence-electron chi connectivity index (χ4n) is 10.0. The largest absolute Gasteiger partial charge is 0.391 e. The quantitative estimate of drug-likeness (QED) is 0.0700. The number of β-amino-alcohol motifs (C(OH)–C–C–N with tert-alkyl or cyclic N) is 1. The van der Waals surface area contributed by atoms with Crippen molar-refractivity contribution in [2.24, 2.45) is 11.1 Å². The first-order valence-corrected chi connectivity index (χ1v) is 25.5. The Morgan fingerprint density at radius 1 is 0.887 bits per heavy atom. The molecule has 16 heteroatoms. The number of primary amides is 1. The van der Waals surface area contributed by atoms with Crippen LogP contribution in [0.5, 0.6) is 0 Å². The van der Waals surface area contributed by atoms with Gasteiger partial charge in [0.05, 0.1) is 46.6 Å². The second-order valence-corrected chi connectivity index (χ2v) is 21.2. The molecule has 6 amide bonds. The second kappa shape index (κ2) is 21.9. The monoisotopic (exact) mass is 983 g/mol. The van der Waals surface area contributed by atoms with Crippen molar-refractivity contribution in [3.8, 4) is 10.4 Å². The van der Waals surface area contributed by atoms with Gasteiger partial charge in [-0.1, -0.05) is 93.6 Å². The molecular weight excluding hydrogens is 919 g/mol. The van der Waals surface area contributed by atoms with E-state index < -0.39 is 53.6 Å². The van der Waals surface area contributed by atoms with Gasteiger partial charge in [0.2, 0.25) is 35.4 Å². The number of nitrogens with zero attached hydrogens (tertiary/aromatic N) is 3. The molecular formula is C55H65N7O8S. The minimum atomic E-state index is -0.949. The number of ether oxygens (including phenoxy) is 1. The van der Waals surface area contributed by atoms with E-state index in [0.717, 1.165) is 73.3 Å². The highest BCUT2D eigenvalue weighted by molar-refractivity contribution is 7.13. The zero-order valence-corrected chi connectivity index (χ0v) is 42.0. The van der Waals surface area contributed by atoms with Crippen molar-refractivity contribution in [2.75, 3.05) is 11.4 Å². The fourth-order valence-corrected chi connectivity index (χ4v) is 10.9. The molecule has 0 bridgehead atoms. The van der Waals surface area contributed by atoms with Crippen LogP contribution in [0.1, 0.15) is 99.7 Å². The second-order valence-electron chi connectivity index (χ2n) is 20.4. The molecule has 0 spiro atoms. The van der Waals surface area contributed by atoms with Crippen molar-refractivity contribution in [3.63, 3.8) is 0 Å². The van der Waals surface area contributed by atoms with Crippen LogP contribution in [0.3, 0.4) is 0 Å². The first-order chi connectivity index (χ1) is 33.9. The summed E-state index contributed by atoms with van der Waals surface area (Å²) in [5, 5.41) is 21.7. The van der Waals surface area contributed by atoms with Crippen LogP contribution < -0.4 is 26.6 Å². The maximum atomic E-state index is 14.2. The molecule has 5 aromatic rings. The zero-order chi connectivity index (χ0) is 50.6. The van der Waals surface area contributed by atoms with Crippen molar-refractivity contribution in [1.29, 1.82) is 0 Å². The summed E-state index contributed by atoms with van der Waals surface area (Å²) in [4.78, 5) is 89.1. The third-order valence-electron chi connectivity index (χ3n) is 14.0. The molecule has 71 heavy (non-hydrogen) atoms. The molecule has 4 aromatic carbocycles. The van der Waals surface area contributed by atoms with Gasteiger partial charge in [0.25, 0.3) is 0 Å². The molecule has 1 aromatic heterocycles. The highest BCUT2D eigenvalue weighted by Gasteiger charge is 2.45. The number of hydrogen-bond acceptors (Lipinski definition) is 10. The van der Waals surface area contributed by atoms with Crippen LogP contribution in [0, 0.1) is 12.3 Å². The molecule has 3 aliphatic heterocycles. The highest BCUT2D eigenvalue weighted by atomic mass is 32.1. The summed E-state index contributed by atoms with van der Waals surface area (Å²) < 4.78 is 6.36. The lowest BCUT2D eigenvalue weighted by Gasteiger charge is -2.35. The highest BCUT2D eigenvalue weighted by Crippen LogP contribution is 2.39. The molecule has 4 heterocycles. The Morgan fingerprint density at radius 2 is 1.61 bits per heavy atom. The Morgan fingerprint density at radius 3 is 2.32 bits per heavy atom. The molecule has 3 aliphatic rings. The van der Waals surface area contributed by atoms with Gasteiger partial charge in [0, 0.05) is 45.2 Å². The number of aryl methyl sites for hydroxylation is 3. The lowest BCUT2D eigenvalue weighted by atomic mass is 9.85. The SMILES string of the molecule is Cc1ncsc1-c1ccc(CNC(=O)[C@@H]2C[C@@H](O)CN2C(=O)[C@@H](NC(=O)CCc2ccc3ccc(CO[C@H](C)[C@H](CCC(N)=O)NC(=O)[C@@H]4Cc5cccc6c5N4C(=O)CCC6)cc3c2)C(C)(C)C)cc1. The van der Waals surface area contributed by atoms with Gasteiger partial charge in [0.1, 0.15) is 18.1 Å². The number of benzene rings is 4. The number of aromatic nitrogens is 1. The third kappa shape index (κ3) is 12.0. The van der Waals surface area contributed by atoms with Crippen LogP contribution in [-0.4, -0.2) is 93.4 Å². The Bertz CT molecular complexity index is 2800. The van der Waals surface area contributed by atoms with E-state index in [4.69, 9.17) is 10.5 Å². The van der Waals surface area contributed by atoms with Gasteiger partial charge in [-0.2, -0.15) is 0 Å². The van der Waals surface area contributed by atoms with Crippen LogP contribution in [0.2, 0.25) is 0 Å². The molecule has 6 atom stereocenters. The lowest BCUT2D eigenvalue weighted by Crippen LogP contribution is -2.57. The molecule has 15 nitrogen and oxygen atoms in total. The normalized spacial score (nSPS) is 18.9. The number of nitrogens with one attached hydrogen (secondary N) is 3. The maximum absolute atomic E-state index is 14.2. The van der Waals surface area contributed by atoms with Gasteiger partial charge in [-0.25, -0.2) is 4.98 Å². The number of carbonyl (C=O) groups excluding carboxylic acids is 6. The van der Waals surface area contributed by atoms with Gasteiger partial charge in [-0.15, -0.1) is 11.3 Å². The zero-order valence-electron chi connectivity index (χ0n) is 41.2. The minimum absolute atomic E-state index is 0.0174. The lowest BCUT2D eigenvalue weighted by molar-refractivity contribution is -0.144. The number of carbonyl (C=O) groups is 6. The number of anilines is 1. The number of rotatable bonds is 18. The smallest absolute Gasteiger partial charge is 0.246 e. The van der Waals surface area contributed by atoms with Gasteiger partial charge in [-0.05, 0) is 95.2 Å². The number of aliphatic hydroxyl groups excluding tert-OH is 1. The van der Waals surface area contributed by atoms with E-state index in [1.54, 1.807) is 16.2 Å². The van der Waals surface area contributed by atoms with Crippen LogP contribution in [0.25, 0.3) is 21.2 Å². The van der Waals surface area contributed by atoms with E-state index in [9.17, 15) is 33.9 Å². The van der Waals surface area contributed by atoms with Crippen molar-refractivity contribution in [3.05, 3.63) is 118 Å². The summed E-state index contributed by atoms with van der Waals surface area (Å²) in [7, 11) is 0. The number of aliphatic hydroxyl groups is 1. The number of fused-ring (bicyclic) bond motifs is 1. The van der Waals surface area contributed by atoms with Crippen LogP contribution in [-0.2, 0) is 65.9 Å². The van der Waals surface area contributed by atoms with Crippen molar-refractivity contribution >= 4 is 63.2 Å². The summed E-state index contributed by atoms with van der Waals surface area (Å²) >= 11 is 1.57. The third-order valence-corrected chi connectivity index (χ3v) is 15.0. The molecule has 374 valence electrons. The van der Waals surface area contributed by atoms with E-state index in [2.05, 4.69) is 20.9 Å². The minimum Gasteiger partial charge on any atom is -0.391 e. The summed E-state index contributed by atoms with van der Waals surface area (Å²) in [6, 6.07) is 22.8. The van der Waals surface area contributed by atoms with Gasteiger partial charge < -0.3 is 36.4 Å². The van der Waals surface area contributed by atoms with Crippen LogP contribution in [0.4, 0.5) is 5.69 Å². The number of para-hydroxylation sites is 1. The van der Waals surface area contributed by atoms with Crippen molar-refractivity contribution < 1.29 is 38.6 Å². The number of hydrogen-bond donors (Lipinski definition) is 5. The van der Waals surface area contributed by atoms with E-state index in [-0.39, 0.29) is 69.0 Å². The molecule has 0 unspecified atom stereocenters. The molecule has 0 radical (unpaired) electrons. The summed E-state index contributed by atoms with van der Waals surface area (Å²) in [5.41, 5.74) is 14.3. The van der Waals surface area contributed by atoms with Crippen LogP contribution >= 0.6 is 11.3 Å². The number of thiazole rings is 1. The Labute approximate surface area is 418 Å². The molecule has 1 fully saturated rings. The van der Waals surface area contributed by atoms with Crippen LogP contribution in [0.15, 0.2) is 84.4 Å². The van der Waals surface area contributed by atoms with E-state index >= 15 is 0 Å². The first-order valence-electron chi connectivity index (χ1n) is 24.6.